The highest BCUT2D eigenvalue weighted by molar-refractivity contribution is 7.87. The second kappa shape index (κ2) is 6.77. The van der Waals surface area contributed by atoms with Crippen LogP contribution in [-0.4, -0.2) is 33.3 Å². The van der Waals surface area contributed by atoms with E-state index in [1.807, 2.05) is 6.92 Å². The number of nitrogens with two attached hydrogens (primary N) is 1. The summed E-state index contributed by atoms with van der Waals surface area (Å²) in [6.45, 7) is 4.13. The number of nitrogen functional groups attached to an aromatic ring is 1. The van der Waals surface area contributed by atoms with Gasteiger partial charge in [-0.2, -0.15) is 0 Å². The van der Waals surface area contributed by atoms with Crippen LogP contribution in [0, 0.1) is 0 Å². The van der Waals surface area contributed by atoms with Crippen LogP contribution in [0.3, 0.4) is 0 Å². The van der Waals surface area contributed by atoms with Crippen LogP contribution >= 0.6 is 11.6 Å². The van der Waals surface area contributed by atoms with E-state index in [4.69, 9.17) is 22.1 Å². The van der Waals surface area contributed by atoms with E-state index in [1.54, 1.807) is 25.1 Å². The number of nitrogens with one attached hydrogen (secondary N) is 1. The molecule has 4 unspecified atom stereocenters. The molecule has 5 nitrogen and oxygen atoms in total. The first-order valence-electron chi connectivity index (χ1n) is 6.77. The average Bonchev–Trinajstić information content (AvgIpc) is 2.86. The Morgan fingerprint density at radius 2 is 2.29 bits per heavy atom. The zero-order valence-corrected chi connectivity index (χ0v) is 13.5. The predicted molar refractivity (Wildman–Crippen MR) is 85.9 cm³/mol. The first kappa shape index (κ1) is 16.3. The molecule has 1 aliphatic rings. The Kier molecular flexibility index (Phi) is 5.24. The van der Waals surface area contributed by atoms with Crippen molar-refractivity contribution in [3.05, 3.63) is 23.2 Å². The number of hydrogen-bond acceptors (Lipinski definition) is 4. The van der Waals surface area contributed by atoms with E-state index >= 15 is 0 Å². The molecule has 1 aliphatic heterocycles. The van der Waals surface area contributed by atoms with Gasteiger partial charge >= 0.3 is 0 Å². The first-order valence-corrected chi connectivity index (χ1v) is 8.42. The van der Waals surface area contributed by atoms with Crippen molar-refractivity contribution in [3.63, 3.8) is 0 Å². The van der Waals surface area contributed by atoms with Crippen LogP contribution in [0.15, 0.2) is 18.2 Å². The Labute approximate surface area is 131 Å². The minimum atomic E-state index is -1.29. The average molecular weight is 331 g/mol. The van der Waals surface area contributed by atoms with Gasteiger partial charge in [0, 0.05) is 23.1 Å². The Hall–Kier alpha value is -1.11. The highest BCUT2D eigenvalue weighted by Crippen LogP contribution is 2.25. The third kappa shape index (κ3) is 3.75. The lowest BCUT2D eigenvalue weighted by Gasteiger charge is -2.19. The zero-order chi connectivity index (χ0) is 15.6. The van der Waals surface area contributed by atoms with E-state index in [-0.39, 0.29) is 17.3 Å². The van der Waals surface area contributed by atoms with Gasteiger partial charge in [0.05, 0.1) is 22.1 Å². The monoisotopic (exact) mass is 330 g/mol. The number of halogens is 1. The summed E-state index contributed by atoms with van der Waals surface area (Å²) in [5, 5.41) is 2.32. The fourth-order valence-corrected chi connectivity index (χ4v) is 4.07. The highest BCUT2D eigenvalue weighted by Gasteiger charge is 2.34. The van der Waals surface area contributed by atoms with Gasteiger partial charge in [0.2, 0.25) is 5.91 Å². The van der Waals surface area contributed by atoms with E-state index in [0.717, 1.165) is 0 Å². The highest BCUT2D eigenvalue weighted by atomic mass is 35.5. The predicted octanol–water partition coefficient (Wildman–Crippen LogP) is 2.18. The lowest BCUT2D eigenvalue weighted by atomic mass is 10.2. The normalized spacial score (nSPS) is 24.5. The fraction of sp³-hybridized carbons (Fsp3) is 0.500. The molecule has 1 amide bonds. The molecule has 0 radical (unpaired) electrons. The van der Waals surface area contributed by atoms with Gasteiger partial charge in [0.1, 0.15) is 5.25 Å². The summed E-state index contributed by atoms with van der Waals surface area (Å²) in [5.74, 6) is -0.320. The molecule has 0 bridgehead atoms. The molecule has 4 atom stereocenters. The van der Waals surface area contributed by atoms with Crippen molar-refractivity contribution < 1.29 is 13.7 Å². The van der Waals surface area contributed by atoms with E-state index in [1.165, 1.54) is 0 Å². The largest absolute Gasteiger partial charge is 0.399 e. The molecule has 3 N–H and O–H groups in total. The van der Waals surface area contributed by atoms with Gasteiger partial charge in [-0.05, 0) is 38.5 Å². The lowest BCUT2D eigenvalue weighted by molar-refractivity contribution is -0.115. The summed E-state index contributed by atoms with van der Waals surface area (Å²) in [7, 11) is -1.29. The summed E-state index contributed by atoms with van der Waals surface area (Å²) in [4.78, 5) is 12.2. The molecule has 1 saturated heterocycles. The van der Waals surface area contributed by atoms with Crippen LogP contribution in [0.2, 0.25) is 5.02 Å². The van der Waals surface area contributed by atoms with Crippen molar-refractivity contribution >= 4 is 39.7 Å². The van der Waals surface area contributed by atoms with Crippen LogP contribution < -0.4 is 11.1 Å². The summed E-state index contributed by atoms with van der Waals surface area (Å²) in [6.07, 6.45) is 0.634. The van der Waals surface area contributed by atoms with Crippen LogP contribution in [0.5, 0.6) is 0 Å². The molecular weight excluding hydrogens is 312 g/mol. The number of carbonyl (C=O) groups excluding carboxylic acids is 1. The molecule has 1 fully saturated rings. The van der Waals surface area contributed by atoms with E-state index in [9.17, 15) is 9.00 Å². The molecule has 0 aliphatic carbocycles. The van der Waals surface area contributed by atoms with Crippen molar-refractivity contribution in [2.45, 2.75) is 36.9 Å². The lowest BCUT2D eigenvalue weighted by Crippen LogP contribution is -2.37. The molecular formula is C14H19ClN2O3S. The molecule has 0 aromatic heterocycles. The number of hydrogen-bond donors (Lipinski definition) is 2. The fourth-order valence-electron chi connectivity index (χ4n) is 2.25. The summed E-state index contributed by atoms with van der Waals surface area (Å²) < 4.78 is 17.9. The van der Waals surface area contributed by atoms with Gasteiger partial charge < -0.3 is 15.8 Å². The van der Waals surface area contributed by atoms with E-state index in [2.05, 4.69) is 5.32 Å². The summed E-state index contributed by atoms with van der Waals surface area (Å²) >= 11 is 6.02. The number of benzene rings is 1. The van der Waals surface area contributed by atoms with E-state index < -0.39 is 16.0 Å². The Morgan fingerprint density at radius 1 is 1.57 bits per heavy atom. The van der Waals surface area contributed by atoms with Gasteiger partial charge in [-0.15, -0.1) is 0 Å². The van der Waals surface area contributed by atoms with Crippen molar-refractivity contribution in [1.29, 1.82) is 0 Å². The molecule has 21 heavy (non-hydrogen) atoms. The zero-order valence-electron chi connectivity index (χ0n) is 12.0. The standard InChI is InChI=1S/C14H19ClN2O3S/c1-8-13(5-6-20-8)21(19)9(2)14(18)17-12-4-3-10(16)7-11(12)15/h3-4,7-9,13H,5-6,16H2,1-2H3,(H,17,18). The SMILES string of the molecule is CC1OCCC1S(=O)C(C)C(=O)Nc1ccc(N)cc1Cl. The maximum Gasteiger partial charge on any atom is 0.239 e. The maximum atomic E-state index is 12.4. The van der Waals surface area contributed by atoms with Gasteiger partial charge in [-0.25, -0.2) is 0 Å². The number of ether oxygens (including phenoxy) is 1. The minimum absolute atomic E-state index is 0.0822. The Bertz CT molecular complexity index is 567. The maximum absolute atomic E-state index is 12.4. The number of rotatable bonds is 4. The third-order valence-corrected chi connectivity index (χ3v) is 6.01. The van der Waals surface area contributed by atoms with Crippen molar-refractivity contribution in [3.8, 4) is 0 Å². The quantitative estimate of drug-likeness (QED) is 0.829. The van der Waals surface area contributed by atoms with Crippen LogP contribution in [0.25, 0.3) is 0 Å². The Balaban J connectivity index is 2.03. The molecule has 1 aromatic carbocycles. The second-order valence-corrected chi connectivity index (χ2v) is 7.48. The second-order valence-electron chi connectivity index (χ2n) is 5.10. The molecule has 0 saturated carbocycles. The molecule has 116 valence electrons. The Morgan fingerprint density at radius 3 is 2.86 bits per heavy atom. The molecule has 0 spiro atoms. The van der Waals surface area contributed by atoms with Crippen LogP contribution in [0.1, 0.15) is 20.3 Å². The molecule has 2 rings (SSSR count). The molecule has 1 heterocycles. The molecule has 1 aromatic rings. The third-order valence-electron chi connectivity index (χ3n) is 3.57. The number of amides is 1. The van der Waals surface area contributed by atoms with Gasteiger partial charge in [-0.3, -0.25) is 9.00 Å². The van der Waals surface area contributed by atoms with Gasteiger partial charge in [-0.1, -0.05) is 11.6 Å². The van der Waals surface area contributed by atoms with Crippen molar-refractivity contribution in [1.82, 2.24) is 0 Å². The van der Waals surface area contributed by atoms with Gasteiger partial charge in [0.15, 0.2) is 0 Å². The summed E-state index contributed by atoms with van der Waals surface area (Å²) in [5.41, 5.74) is 6.59. The topological polar surface area (TPSA) is 81.4 Å². The smallest absolute Gasteiger partial charge is 0.239 e. The number of anilines is 2. The number of carbonyl (C=O) groups is 1. The first-order chi connectivity index (χ1) is 9.90. The van der Waals surface area contributed by atoms with Crippen molar-refractivity contribution in [2.24, 2.45) is 0 Å². The van der Waals surface area contributed by atoms with Crippen LogP contribution in [-0.2, 0) is 20.3 Å². The van der Waals surface area contributed by atoms with Gasteiger partial charge in [0.25, 0.3) is 0 Å². The minimum Gasteiger partial charge on any atom is -0.399 e. The summed E-state index contributed by atoms with van der Waals surface area (Å²) in [6, 6.07) is 4.84. The van der Waals surface area contributed by atoms with Crippen LogP contribution in [0.4, 0.5) is 11.4 Å². The molecule has 7 heteroatoms. The van der Waals surface area contributed by atoms with E-state index in [0.29, 0.717) is 29.4 Å². The van der Waals surface area contributed by atoms with Crippen molar-refractivity contribution in [2.75, 3.05) is 17.7 Å².